The summed E-state index contributed by atoms with van der Waals surface area (Å²) in [6.07, 6.45) is 0.685. The van der Waals surface area contributed by atoms with E-state index in [-0.39, 0.29) is 18.3 Å². The second-order valence-corrected chi connectivity index (χ2v) is 3.02. The molecule has 0 fully saturated rings. The molecule has 0 aliphatic carbocycles. The molecule has 0 aromatic heterocycles. The minimum atomic E-state index is -0.248. The van der Waals surface area contributed by atoms with Gasteiger partial charge >= 0.3 is 0 Å². The van der Waals surface area contributed by atoms with Gasteiger partial charge in [0.1, 0.15) is 0 Å². The Balaban J connectivity index is 2.78. The first-order chi connectivity index (χ1) is 6.29. The average Bonchev–Trinajstić information content (AvgIpc) is 2.21. The van der Waals surface area contributed by atoms with Gasteiger partial charge in [0.25, 0.3) is 0 Å². The van der Waals surface area contributed by atoms with Crippen molar-refractivity contribution in [1.29, 1.82) is 0 Å². The van der Waals surface area contributed by atoms with Gasteiger partial charge in [-0.3, -0.25) is 4.79 Å². The van der Waals surface area contributed by atoms with Crippen molar-refractivity contribution in [2.45, 2.75) is 13.3 Å². The van der Waals surface area contributed by atoms with Gasteiger partial charge in [-0.1, -0.05) is 37.3 Å². The lowest BCUT2D eigenvalue weighted by atomic mass is 9.96. The summed E-state index contributed by atoms with van der Waals surface area (Å²) in [6, 6.07) is 9.09. The Morgan fingerprint density at radius 1 is 1.38 bits per heavy atom. The summed E-state index contributed by atoms with van der Waals surface area (Å²) < 4.78 is 0. The highest BCUT2D eigenvalue weighted by molar-refractivity contribution is 5.97. The van der Waals surface area contributed by atoms with Crippen LogP contribution in [0.2, 0.25) is 0 Å². The Morgan fingerprint density at radius 3 is 2.46 bits per heavy atom. The van der Waals surface area contributed by atoms with Gasteiger partial charge in [-0.15, -0.1) is 0 Å². The predicted octanol–water partition coefficient (Wildman–Crippen LogP) is 1.89. The molecule has 1 atom stereocenters. The summed E-state index contributed by atoms with van der Waals surface area (Å²) >= 11 is 0. The number of ketones is 1. The lowest BCUT2D eigenvalue weighted by Gasteiger charge is -2.09. The molecule has 0 amide bonds. The van der Waals surface area contributed by atoms with Crippen LogP contribution in [-0.2, 0) is 0 Å². The van der Waals surface area contributed by atoms with Crippen molar-refractivity contribution in [1.82, 2.24) is 0 Å². The van der Waals surface area contributed by atoms with E-state index < -0.39 is 0 Å². The predicted molar refractivity (Wildman–Crippen MR) is 51.6 cm³/mol. The van der Waals surface area contributed by atoms with Crippen molar-refractivity contribution in [3.05, 3.63) is 35.9 Å². The Bertz CT molecular complexity index is 263. The number of carbonyl (C=O) groups excluding carboxylic acids is 1. The van der Waals surface area contributed by atoms with Crippen LogP contribution >= 0.6 is 0 Å². The molecule has 0 saturated carbocycles. The second kappa shape index (κ2) is 4.77. The molecule has 70 valence electrons. The van der Waals surface area contributed by atoms with E-state index >= 15 is 0 Å². The zero-order chi connectivity index (χ0) is 9.68. The summed E-state index contributed by atoms with van der Waals surface area (Å²) in [5.74, 6) is -0.215. The fourth-order valence-electron chi connectivity index (χ4n) is 1.24. The van der Waals surface area contributed by atoms with E-state index in [4.69, 9.17) is 5.11 Å². The fourth-order valence-corrected chi connectivity index (χ4v) is 1.24. The number of hydrogen-bond donors (Lipinski definition) is 1. The molecule has 0 saturated heterocycles. The standard InChI is InChI=1S/C11H14O2/c1-2-9(8-12)11(13)10-6-4-3-5-7-10/h3-7,9,12H,2,8H2,1H3/t9-/m0/s1. The van der Waals surface area contributed by atoms with Crippen molar-refractivity contribution in [3.8, 4) is 0 Å². The molecule has 0 aliphatic rings. The molecule has 0 spiro atoms. The maximum absolute atomic E-state index is 11.6. The normalized spacial score (nSPS) is 12.5. The molecular weight excluding hydrogens is 164 g/mol. The molecule has 1 aromatic rings. The summed E-state index contributed by atoms with van der Waals surface area (Å²) in [4.78, 5) is 11.6. The van der Waals surface area contributed by atoms with Gasteiger partial charge in [-0.05, 0) is 6.42 Å². The number of carbonyl (C=O) groups is 1. The van der Waals surface area contributed by atoms with Crippen LogP contribution in [0, 0.1) is 5.92 Å². The SMILES string of the molecule is CC[C@@H](CO)C(=O)c1ccccc1. The summed E-state index contributed by atoms with van der Waals surface area (Å²) in [6.45, 7) is 1.84. The topological polar surface area (TPSA) is 37.3 Å². The molecule has 0 heterocycles. The first-order valence-corrected chi connectivity index (χ1v) is 4.49. The van der Waals surface area contributed by atoms with E-state index in [9.17, 15) is 4.79 Å². The van der Waals surface area contributed by atoms with E-state index in [1.807, 2.05) is 25.1 Å². The number of rotatable bonds is 4. The molecule has 1 N–H and O–H groups in total. The molecule has 2 nitrogen and oxygen atoms in total. The fraction of sp³-hybridized carbons (Fsp3) is 0.364. The molecule has 0 aliphatic heterocycles. The van der Waals surface area contributed by atoms with Crippen molar-refractivity contribution >= 4 is 5.78 Å². The van der Waals surface area contributed by atoms with Crippen LogP contribution < -0.4 is 0 Å². The zero-order valence-electron chi connectivity index (χ0n) is 7.73. The summed E-state index contributed by atoms with van der Waals surface area (Å²) in [7, 11) is 0. The lowest BCUT2D eigenvalue weighted by molar-refractivity contribution is 0.0856. The van der Waals surface area contributed by atoms with Gasteiger partial charge in [0.15, 0.2) is 5.78 Å². The van der Waals surface area contributed by atoms with E-state index in [0.717, 1.165) is 0 Å². The highest BCUT2D eigenvalue weighted by Gasteiger charge is 2.16. The van der Waals surface area contributed by atoms with Gasteiger partial charge in [-0.2, -0.15) is 0 Å². The smallest absolute Gasteiger partial charge is 0.168 e. The summed E-state index contributed by atoms with van der Waals surface area (Å²) in [5, 5.41) is 8.94. The van der Waals surface area contributed by atoms with Crippen molar-refractivity contribution < 1.29 is 9.90 Å². The maximum Gasteiger partial charge on any atom is 0.168 e. The van der Waals surface area contributed by atoms with E-state index in [1.54, 1.807) is 12.1 Å². The molecular formula is C11H14O2. The molecule has 0 bridgehead atoms. The van der Waals surface area contributed by atoms with E-state index in [2.05, 4.69) is 0 Å². The third kappa shape index (κ3) is 2.39. The third-order valence-corrected chi connectivity index (χ3v) is 2.14. The molecule has 1 aromatic carbocycles. The van der Waals surface area contributed by atoms with Crippen LogP contribution in [0.3, 0.4) is 0 Å². The Labute approximate surface area is 78.2 Å². The molecule has 13 heavy (non-hydrogen) atoms. The van der Waals surface area contributed by atoms with Gasteiger partial charge in [0, 0.05) is 11.5 Å². The molecule has 0 radical (unpaired) electrons. The van der Waals surface area contributed by atoms with E-state index in [1.165, 1.54) is 0 Å². The highest BCUT2D eigenvalue weighted by Crippen LogP contribution is 2.11. The quantitative estimate of drug-likeness (QED) is 0.715. The minimum Gasteiger partial charge on any atom is -0.396 e. The second-order valence-electron chi connectivity index (χ2n) is 3.02. The highest BCUT2D eigenvalue weighted by atomic mass is 16.3. The van der Waals surface area contributed by atoms with Crippen LogP contribution in [0.15, 0.2) is 30.3 Å². The monoisotopic (exact) mass is 178 g/mol. The number of benzene rings is 1. The average molecular weight is 178 g/mol. The van der Waals surface area contributed by atoms with Crippen LogP contribution in [0.4, 0.5) is 0 Å². The zero-order valence-corrected chi connectivity index (χ0v) is 7.73. The first kappa shape index (κ1) is 9.93. The van der Waals surface area contributed by atoms with Crippen LogP contribution in [0.5, 0.6) is 0 Å². The largest absolute Gasteiger partial charge is 0.396 e. The van der Waals surface area contributed by atoms with Crippen LogP contribution in [0.25, 0.3) is 0 Å². The van der Waals surface area contributed by atoms with Gasteiger partial charge in [-0.25, -0.2) is 0 Å². The maximum atomic E-state index is 11.6. The first-order valence-electron chi connectivity index (χ1n) is 4.49. The molecule has 2 heteroatoms. The number of aliphatic hydroxyl groups excluding tert-OH is 1. The van der Waals surface area contributed by atoms with Gasteiger partial charge in [0.2, 0.25) is 0 Å². The van der Waals surface area contributed by atoms with Gasteiger partial charge in [0.05, 0.1) is 6.61 Å². The summed E-state index contributed by atoms with van der Waals surface area (Å²) in [5.41, 5.74) is 0.684. The number of hydrogen-bond acceptors (Lipinski definition) is 2. The van der Waals surface area contributed by atoms with E-state index in [0.29, 0.717) is 12.0 Å². The van der Waals surface area contributed by atoms with Gasteiger partial charge < -0.3 is 5.11 Å². The van der Waals surface area contributed by atoms with Crippen molar-refractivity contribution in [3.63, 3.8) is 0 Å². The Hall–Kier alpha value is -1.15. The lowest BCUT2D eigenvalue weighted by Crippen LogP contribution is -2.17. The Morgan fingerprint density at radius 2 is 2.00 bits per heavy atom. The van der Waals surface area contributed by atoms with Crippen LogP contribution in [0.1, 0.15) is 23.7 Å². The minimum absolute atomic E-state index is 0.0330. The molecule has 0 unspecified atom stereocenters. The number of Topliss-reactive ketones (excluding diaryl/α,β-unsaturated/α-hetero) is 1. The van der Waals surface area contributed by atoms with Crippen molar-refractivity contribution in [2.24, 2.45) is 5.92 Å². The van der Waals surface area contributed by atoms with Crippen molar-refractivity contribution in [2.75, 3.05) is 6.61 Å². The number of aliphatic hydroxyl groups is 1. The third-order valence-electron chi connectivity index (χ3n) is 2.14. The molecule has 1 rings (SSSR count). The van der Waals surface area contributed by atoms with Crippen LogP contribution in [-0.4, -0.2) is 17.5 Å². The Kier molecular flexibility index (Phi) is 3.65.